The molecule has 12 nitrogen and oxygen atoms in total. The first-order valence-corrected chi connectivity index (χ1v) is 11.1. The van der Waals surface area contributed by atoms with Crippen LogP contribution in [0.4, 0.5) is 0 Å². The van der Waals surface area contributed by atoms with Gasteiger partial charge in [-0.25, -0.2) is 4.79 Å². The van der Waals surface area contributed by atoms with Crippen LogP contribution in [0.3, 0.4) is 0 Å². The van der Waals surface area contributed by atoms with Gasteiger partial charge in [-0.05, 0) is 24.3 Å². The molecule has 0 bridgehead atoms. The number of nitrogens with one attached hydrogen (secondary N) is 3. The number of aliphatic hydroxyl groups excluding tert-OH is 1. The van der Waals surface area contributed by atoms with E-state index in [1.807, 2.05) is 6.26 Å². The van der Waals surface area contributed by atoms with E-state index in [4.69, 9.17) is 10.8 Å². The molecule has 3 amide bonds. The van der Waals surface area contributed by atoms with E-state index in [0.29, 0.717) is 18.6 Å². The van der Waals surface area contributed by atoms with Crippen LogP contribution in [-0.2, 0) is 24.0 Å². The Morgan fingerprint density at radius 3 is 1.97 bits per heavy atom. The third-order valence-electron chi connectivity index (χ3n) is 4.57. The standard InChI is InChI=1S/C18H32N4O8S/c1-4-9(2)14(18(29)30)22-17(28)12(8-23)21-16(27)11(7-13(24)25)20-15(26)10(19)5-6-31-3/h9-12,14,23H,4-8,19H2,1-3H3,(H,20,26)(H,21,27)(H,22,28)(H,24,25)(H,29,30). The van der Waals surface area contributed by atoms with Gasteiger partial charge in [-0.3, -0.25) is 19.2 Å². The number of hydrogen-bond acceptors (Lipinski definition) is 8. The summed E-state index contributed by atoms with van der Waals surface area (Å²) in [6.07, 6.45) is 1.80. The number of aliphatic carboxylic acids is 2. The fraction of sp³-hybridized carbons (Fsp3) is 0.722. The van der Waals surface area contributed by atoms with E-state index in [0.717, 1.165) is 0 Å². The molecule has 0 aromatic rings. The van der Waals surface area contributed by atoms with E-state index in [9.17, 15) is 34.2 Å². The van der Waals surface area contributed by atoms with Crippen LogP contribution in [0.15, 0.2) is 0 Å². The molecule has 0 aliphatic rings. The second kappa shape index (κ2) is 14.6. The SMILES string of the molecule is CCC(C)C(NC(=O)C(CO)NC(=O)C(CC(=O)O)NC(=O)C(N)CCSC)C(=O)O. The van der Waals surface area contributed by atoms with Gasteiger partial charge in [0.15, 0.2) is 0 Å². The van der Waals surface area contributed by atoms with E-state index in [1.54, 1.807) is 13.8 Å². The molecule has 0 aliphatic heterocycles. The van der Waals surface area contributed by atoms with Crippen molar-refractivity contribution in [3.8, 4) is 0 Å². The number of carboxylic acid groups (broad SMARTS) is 2. The molecule has 5 unspecified atom stereocenters. The summed E-state index contributed by atoms with van der Waals surface area (Å²) >= 11 is 1.46. The second-order valence-electron chi connectivity index (χ2n) is 7.00. The highest BCUT2D eigenvalue weighted by molar-refractivity contribution is 7.98. The van der Waals surface area contributed by atoms with E-state index in [-0.39, 0.29) is 0 Å². The number of amides is 3. The minimum atomic E-state index is -1.54. The van der Waals surface area contributed by atoms with Gasteiger partial charge in [-0.1, -0.05) is 20.3 Å². The molecule has 8 N–H and O–H groups in total. The molecule has 0 rings (SSSR count). The smallest absolute Gasteiger partial charge is 0.326 e. The van der Waals surface area contributed by atoms with E-state index in [1.165, 1.54) is 11.8 Å². The van der Waals surface area contributed by atoms with Crippen LogP contribution < -0.4 is 21.7 Å². The molecule has 0 aromatic carbocycles. The maximum absolute atomic E-state index is 12.5. The Balaban J connectivity index is 5.25. The molecular formula is C18H32N4O8S. The highest BCUT2D eigenvalue weighted by Crippen LogP contribution is 2.08. The maximum Gasteiger partial charge on any atom is 0.326 e. The van der Waals surface area contributed by atoms with Crippen LogP contribution in [0, 0.1) is 5.92 Å². The summed E-state index contributed by atoms with van der Waals surface area (Å²) in [5.41, 5.74) is 5.72. The zero-order chi connectivity index (χ0) is 24.1. The van der Waals surface area contributed by atoms with Crippen molar-refractivity contribution in [3.05, 3.63) is 0 Å². The van der Waals surface area contributed by atoms with Crippen LogP contribution in [0.5, 0.6) is 0 Å². The minimum Gasteiger partial charge on any atom is -0.481 e. The zero-order valence-electron chi connectivity index (χ0n) is 17.8. The molecular weight excluding hydrogens is 432 g/mol. The maximum atomic E-state index is 12.5. The molecule has 31 heavy (non-hydrogen) atoms. The van der Waals surface area contributed by atoms with Crippen molar-refractivity contribution < 1.29 is 39.3 Å². The van der Waals surface area contributed by atoms with Gasteiger partial charge in [-0.2, -0.15) is 11.8 Å². The minimum absolute atomic E-state index is 0.308. The molecule has 0 aliphatic carbocycles. The number of nitrogens with two attached hydrogens (primary N) is 1. The normalized spacial score (nSPS) is 15.6. The summed E-state index contributed by atoms with van der Waals surface area (Å²) in [7, 11) is 0. The number of thioether (sulfide) groups is 1. The van der Waals surface area contributed by atoms with Gasteiger partial charge in [0, 0.05) is 0 Å². The molecule has 5 atom stereocenters. The van der Waals surface area contributed by atoms with Crippen molar-refractivity contribution in [1.82, 2.24) is 16.0 Å². The summed E-state index contributed by atoms with van der Waals surface area (Å²) in [5.74, 6) is -5.22. The van der Waals surface area contributed by atoms with Gasteiger partial charge in [0.1, 0.15) is 18.1 Å². The summed E-state index contributed by atoms with van der Waals surface area (Å²) in [5, 5.41) is 34.4. The molecule has 0 saturated heterocycles. The molecule has 0 fully saturated rings. The van der Waals surface area contributed by atoms with Crippen molar-refractivity contribution in [2.45, 2.75) is 57.3 Å². The van der Waals surface area contributed by atoms with E-state index >= 15 is 0 Å². The first-order chi connectivity index (χ1) is 14.5. The molecule has 13 heteroatoms. The quantitative estimate of drug-likeness (QED) is 0.143. The lowest BCUT2D eigenvalue weighted by Gasteiger charge is -2.25. The third-order valence-corrected chi connectivity index (χ3v) is 5.22. The number of carboxylic acids is 2. The van der Waals surface area contributed by atoms with Crippen molar-refractivity contribution in [2.75, 3.05) is 18.6 Å². The number of rotatable bonds is 15. The van der Waals surface area contributed by atoms with Gasteiger partial charge in [0.05, 0.1) is 19.1 Å². The highest BCUT2D eigenvalue weighted by atomic mass is 32.2. The Labute approximate surface area is 184 Å². The third kappa shape index (κ3) is 10.5. The van der Waals surface area contributed by atoms with Crippen LogP contribution >= 0.6 is 11.8 Å². The summed E-state index contributed by atoms with van der Waals surface area (Å²) in [6.45, 7) is 2.48. The lowest BCUT2D eigenvalue weighted by atomic mass is 9.99. The van der Waals surface area contributed by atoms with Crippen LogP contribution in [-0.4, -0.2) is 87.8 Å². The van der Waals surface area contributed by atoms with Crippen LogP contribution in [0.25, 0.3) is 0 Å². The molecule has 0 spiro atoms. The topological polar surface area (TPSA) is 208 Å². The Morgan fingerprint density at radius 2 is 1.52 bits per heavy atom. The predicted molar refractivity (Wildman–Crippen MR) is 113 cm³/mol. The van der Waals surface area contributed by atoms with Gasteiger partial charge in [0.2, 0.25) is 17.7 Å². The zero-order valence-corrected chi connectivity index (χ0v) is 18.6. The lowest BCUT2D eigenvalue weighted by molar-refractivity contribution is -0.144. The Morgan fingerprint density at radius 1 is 0.968 bits per heavy atom. The average Bonchev–Trinajstić information content (AvgIpc) is 2.71. The number of carbonyl (C=O) groups excluding carboxylic acids is 3. The Hall–Kier alpha value is -2.38. The molecule has 0 radical (unpaired) electrons. The molecule has 0 aromatic heterocycles. The van der Waals surface area contributed by atoms with Crippen LogP contribution in [0.1, 0.15) is 33.1 Å². The van der Waals surface area contributed by atoms with Crippen molar-refractivity contribution in [3.63, 3.8) is 0 Å². The fourth-order valence-electron chi connectivity index (χ4n) is 2.44. The average molecular weight is 465 g/mol. The van der Waals surface area contributed by atoms with E-state index < -0.39 is 72.8 Å². The van der Waals surface area contributed by atoms with Gasteiger partial charge < -0.3 is 37.0 Å². The van der Waals surface area contributed by atoms with Gasteiger partial charge in [-0.15, -0.1) is 0 Å². The molecule has 0 saturated carbocycles. The largest absolute Gasteiger partial charge is 0.481 e. The van der Waals surface area contributed by atoms with Crippen LogP contribution in [0.2, 0.25) is 0 Å². The van der Waals surface area contributed by atoms with E-state index in [2.05, 4.69) is 16.0 Å². The molecule has 0 heterocycles. The second-order valence-corrected chi connectivity index (χ2v) is 7.99. The van der Waals surface area contributed by atoms with Crippen molar-refractivity contribution >= 4 is 41.4 Å². The summed E-state index contributed by atoms with van der Waals surface area (Å²) in [4.78, 5) is 59.5. The van der Waals surface area contributed by atoms with Crippen molar-refractivity contribution in [1.29, 1.82) is 0 Å². The monoisotopic (exact) mass is 464 g/mol. The predicted octanol–water partition coefficient (Wildman–Crippen LogP) is -1.88. The number of aliphatic hydroxyl groups is 1. The summed E-state index contributed by atoms with van der Waals surface area (Å²) < 4.78 is 0. The van der Waals surface area contributed by atoms with Crippen molar-refractivity contribution in [2.24, 2.45) is 11.7 Å². The number of hydrogen-bond donors (Lipinski definition) is 7. The van der Waals surface area contributed by atoms with Gasteiger partial charge >= 0.3 is 11.9 Å². The fourth-order valence-corrected chi connectivity index (χ4v) is 2.93. The summed E-state index contributed by atoms with van der Waals surface area (Å²) in [6, 6.07) is -5.29. The first kappa shape index (κ1) is 28.6. The Bertz CT molecular complexity index is 648. The highest BCUT2D eigenvalue weighted by Gasteiger charge is 2.32. The first-order valence-electron chi connectivity index (χ1n) is 9.69. The van der Waals surface area contributed by atoms with Gasteiger partial charge in [0.25, 0.3) is 0 Å². The Kier molecular flexibility index (Phi) is 13.5. The molecule has 178 valence electrons. The lowest BCUT2D eigenvalue weighted by Crippen LogP contribution is -2.59. The number of carbonyl (C=O) groups is 5.